The van der Waals surface area contributed by atoms with Crippen molar-refractivity contribution in [3.8, 4) is 17.0 Å². The number of pyridine rings is 1. The van der Waals surface area contributed by atoms with Gasteiger partial charge in [0.05, 0.1) is 12.7 Å². The van der Waals surface area contributed by atoms with Gasteiger partial charge in [0, 0.05) is 23.4 Å². The van der Waals surface area contributed by atoms with Gasteiger partial charge < -0.3 is 4.74 Å². The fourth-order valence-corrected chi connectivity index (χ4v) is 1.76. The molecule has 0 amide bonds. The summed E-state index contributed by atoms with van der Waals surface area (Å²) in [5.41, 5.74) is 0.0430. The predicted molar refractivity (Wildman–Crippen MR) is 66.6 cm³/mol. The summed E-state index contributed by atoms with van der Waals surface area (Å²) in [5, 5.41) is 0. The van der Waals surface area contributed by atoms with Crippen molar-refractivity contribution >= 4 is 6.29 Å². The quantitative estimate of drug-likeness (QED) is 0.807. The molecule has 0 fully saturated rings. The number of aromatic nitrogens is 1. The zero-order valence-corrected chi connectivity index (χ0v) is 10.4. The third-order valence-corrected chi connectivity index (χ3v) is 2.76. The van der Waals surface area contributed by atoms with E-state index in [4.69, 9.17) is 4.74 Å². The van der Waals surface area contributed by atoms with Crippen molar-refractivity contribution in [2.45, 2.75) is 6.18 Å². The number of methoxy groups -OCH3 is 1. The number of nitrogens with zero attached hydrogens (tertiary/aromatic N) is 1. The van der Waals surface area contributed by atoms with Crippen LogP contribution in [0.5, 0.6) is 5.88 Å². The van der Waals surface area contributed by atoms with Crippen molar-refractivity contribution in [3.05, 3.63) is 47.7 Å². The Hall–Kier alpha value is -2.37. The summed E-state index contributed by atoms with van der Waals surface area (Å²) >= 11 is 0. The second kappa shape index (κ2) is 5.32. The second-order valence-corrected chi connectivity index (χ2v) is 4.01. The number of halogens is 3. The molecule has 0 saturated carbocycles. The molecule has 0 radical (unpaired) electrons. The lowest BCUT2D eigenvalue weighted by atomic mass is 9.99. The molecule has 0 aliphatic rings. The Balaban J connectivity index is 2.48. The van der Waals surface area contributed by atoms with Crippen LogP contribution in [0.2, 0.25) is 0 Å². The summed E-state index contributed by atoms with van der Waals surface area (Å²) in [6, 6.07) is 6.22. The largest absolute Gasteiger partial charge is 0.481 e. The van der Waals surface area contributed by atoms with Crippen molar-refractivity contribution in [1.29, 1.82) is 0 Å². The molecule has 0 atom stereocenters. The summed E-state index contributed by atoms with van der Waals surface area (Å²) < 4.78 is 42.7. The van der Waals surface area contributed by atoms with E-state index in [0.29, 0.717) is 23.3 Å². The Labute approximate surface area is 113 Å². The first-order valence-corrected chi connectivity index (χ1v) is 5.62. The lowest BCUT2D eigenvalue weighted by Gasteiger charge is -2.10. The first-order chi connectivity index (χ1) is 9.45. The molecule has 0 saturated heterocycles. The van der Waals surface area contributed by atoms with Crippen LogP contribution in [-0.2, 0) is 6.18 Å². The van der Waals surface area contributed by atoms with Crippen LogP contribution in [0.3, 0.4) is 0 Å². The van der Waals surface area contributed by atoms with Gasteiger partial charge in [-0.15, -0.1) is 0 Å². The Morgan fingerprint density at radius 1 is 1.20 bits per heavy atom. The zero-order valence-electron chi connectivity index (χ0n) is 10.4. The number of rotatable bonds is 3. The average Bonchev–Trinajstić information content (AvgIpc) is 2.45. The van der Waals surface area contributed by atoms with E-state index in [2.05, 4.69) is 4.98 Å². The molecule has 2 rings (SSSR count). The second-order valence-electron chi connectivity index (χ2n) is 4.01. The van der Waals surface area contributed by atoms with Gasteiger partial charge in [-0.2, -0.15) is 13.2 Å². The summed E-state index contributed by atoms with van der Waals surface area (Å²) in [6.07, 6.45) is -2.64. The van der Waals surface area contributed by atoms with Crippen LogP contribution >= 0.6 is 0 Å². The Morgan fingerprint density at radius 3 is 2.45 bits per heavy atom. The molecule has 20 heavy (non-hydrogen) atoms. The first-order valence-electron chi connectivity index (χ1n) is 5.62. The summed E-state index contributed by atoms with van der Waals surface area (Å²) in [5.74, 6) is 0.383. The van der Waals surface area contributed by atoms with Crippen LogP contribution in [0, 0.1) is 0 Å². The van der Waals surface area contributed by atoms with Gasteiger partial charge in [-0.05, 0) is 23.8 Å². The Kier molecular flexibility index (Phi) is 3.74. The normalized spacial score (nSPS) is 11.2. The lowest BCUT2D eigenvalue weighted by molar-refractivity contribution is -0.137. The summed E-state index contributed by atoms with van der Waals surface area (Å²) in [4.78, 5) is 15.0. The van der Waals surface area contributed by atoms with E-state index in [1.54, 1.807) is 12.1 Å². The van der Waals surface area contributed by atoms with Crippen molar-refractivity contribution in [2.75, 3.05) is 7.11 Å². The van der Waals surface area contributed by atoms with E-state index in [1.165, 1.54) is 19.4 Å². The minimum Gasteiger partial charge on any atom is -0.481 e. The lowest BCUT2D eigenvalue weighted by Crippen LogP contribution is -2.06. The Bertz CT molecular complexity index is 621. The molecule has 0 aliphatic heterocycles. The van der Waals surface area contributed by atoms with Gasteiger partial charge in [0.25, 0.3) is 0 Å². The van der Waals surface area contributed by atoms with Crippen molar-refractivity contribution in [3.63, 3.8) is 0 Å². The van der Waals surface area contributed by atoms with Gasteiger partial charge in [-0.1, -0.05) is 6.07 Å². The molecule has 1 aromatic carbocycles. The highest BCUT2D eigenvalue weighted by Crippen LogP contribution is 2.32. The number of carbonyl (C=O) groups is 1. The van der Waals surface area contributed by atoms with E-state index in [-0.39, 0.29) is 5.56 Å². The van der Waals surface area contributed by atoms with Crippen LogP contribution in [0.1, 0.15) is 15.9 Å². The van der Waals surface area contributed by atoms with Crippen LogP contribution < -0.4 is 4.74 Å². The molecule has 0 unspecified atom stereocenters. The highest BCUT2D eigenvalue weighted by molar-refractivity contribution is 5.87. The molecular formula is C14H10F3NO2. The molecule has 2 aromatic rings. The van der Waals surface area contributed by atoms with Crippen LogP contribution in [0.4, 0.5) is 13.2 Å². The minimum absolute atomic E-state index is 0.0354. The molecule has 1 heterocycles. The summed E-state index contributed by atoms with van der Waals surface area (Å²) in [6.45, 7) is 0. The van der Waals surface area contributed by atoms with Gasteiger partial charge in [-0.3, -0.25) is 4.79 Å². The van der Waals surface area contributed by atoms with Gasteiger partial charge >= 0.3 is 6.18 Å². The smallest absolute Gasteiger partial charge is 0.416 e. The Morgan fingerprint density at radius 2 is 1.95 bits per heavy atom. The maximum Gasteiger partial charge on any atom is 0.416 e. The van der Waals surface area contributed by atoms with Gasteiger partial charge in [0.1, 0.15) is 0 Å². The monoisotopic (exact) mass is 281 g/mol. The highest BCUT2D eigenvalue weighted by Gasteiger charge is 2.31. The highest BCUT2D eigenvalue weighted by atomic mass is 19.4. The van der Waals surface area contributed by atoms with Crippen molar-refractivity contribution < 1.29 is 22.7 Å². The molecule has 3 nitrogen and oxygen atoms in total. The van der Waals surface area contributed by atoms with Crippen molar-refractivity contribution in [2.24, 2.45) is 0 Å². The number of ether oxygens (including phenoxy) is 1. The first kappa shape index (κ1) is 14.0. The van der Waals surface area contributed by atoms with E-state index in [1.807, 2.05) is 0 Å². The number of carbonyl (C=O) groups excluding carboxylic acids is 1. The fraction of sp³-hybridized carbons (Fsp3) is 0.143. The molecule has 104 valence electrons. The zero-order chi connectivity index (χ0) is 14.8. The van der Waals surface area contributed by atoms with Crippen LogP contribution in [0.25, 0.3) is 11.1 Å². The molecule has 0 bridgehead atoms. The minimum atomic E-state index is -4.48. The third kappa shape index (κ3) is 2.79. The van der Waals surface area contributed by atoms with Crippen molar-refractivity contribution in [1.82, 2.24) is 4.98 Å². The van der Waals surface area contributed by atoms with Gasteiger partial charge in [0.2, 0.25) is 5.88 Å². The number of aldehydes is 1. The third-order valence-electron chi connectivity index (χ3n) is 2.76. The van der Waals surface area contributed by atoms with E-state index >= 15 is 0 Å². The van der Waals surface area contributed by atoms with Crippen LogP contribution in [0.15, 0.2) is 36.5 Å². The average molecular weight is 281 g/mol. The number of benzene rings is 1. The topological polar surface area (TPSA) is 39.2 Å². The SMILES string of the molecule is COc1ccc(-c2ccc(C(F)(F)F)cc2C=O)cn1. The molecule has 0 spiro atoms. The molecule has 1 aromatic heterocycles. The fourth-order valence-electron chi connectivity index (χ4n) is 1.76. The number of alkyl halides is 3. The molecular weight excluding hydrogens is 271 g/mol. The molecule has 0 aliphatic carbocycles. The van der Waals surface area contributed by atoms with E-state index < -0.39 is 11.7 Å². The maximum atomic E-state index is 12.6. The molecule has 6 heteroatoms. The number of hydrogen-bond donors (Lipinski definition) is 0. The summed E-state index contributed by atoms with van der Waals surface area (Å²) in [7, 11) is 1.46. The molecule has 0 N–H and O–H groups in total. The van der Waals surface area contributed by atoms with Gasteiger partial charge in [-0.25, -0.2) is 4.98 Å². The van der Waals surface area contributed by atoms with Gasteiger partial charge in [0.15, 0.2) is 6.29 Å². The van der Waals surface area contributed by atoms with E-state index in [9.17, 15) is 18.0 Å². The predicted octanol–water partition coefficient (Wildman–Crippen LogP) is 3.59. The van der Waals surface area contributed by atoms with Crippen LogP contribution in [-0.4, -0.2) is 18.4 Å². The van der Waals surface area contributed by atoms with E-state index in [0.717, 1.165) is 12.1 Å². The maximum absolute atomic E-state index is 12.6. The number of hydrogen-bond acceptors (Lipinski definition) is 3. The standard InChI is InChI=1S/C14H10F3NO2/c1-20-13-5-2-9(7-18-13)12-4-3-11(14(15,16)17)6-10(12)8-19/h2-8H,1H3.